The van der Waals surface area contributed by atoms with Gasteiger partial charge >= 0.3 is 0 Å². The summed E-state index contributed by atoms with van der Waals surface area (Å²) in [5.74, 6) is -0.277. The number of nitrogens with two attached hydrogens (primary N) is 1. The monoisotopic (exact) mass is 420 g/mol. The highest BCUT2D eigenvalue weighted by molar-refractivity contribution is 7.80. The number of nitrogens with zero attached hydrogens (tertiary/aromatic N) is 2. The molecule has 0 aliphatic heterocycles. The van der Waals surface area contributed by atoms with Crippen LogP contribution in [0.5, 0.6) is 0 Å². The summed E-state index contributed by atoms with van der Waals surface area (Å²) in [5.41, 5.74) is 12.6. The van der Waals surface area contributed by atoms with Crippen molar-refractivity contribution >= 4 is 57.9 Å². The van der Waals surface area contributed by atoms with Crippen LogP contribution in [-0.2, 0) is 0 Å². The van der Waals surface area contributed by atoms with E-state index in [0.29, 0.717) is 15.7 Å². The van der Waals surface area contributed by atoms with E-state index in [-0.39, 0.29) is 16.5 Å². The summed E-state index contributed by atoms with van der Waals surface area (Å²) in [6.07, 6.45) is 1.38. The molecule has 0 saturated heterocycles. The van der Waals surface area contributed by atoms with Gasteiger partial charge in [-0.15, -0.1) is 0 Å². The number of nitrogen functional groups attached to an aromatic ring is 1. The van der Waals surface area contributed by atoms with Gasteiger partial charge in [-0.05, 0) is 42.5 Å². The number of hydrogen-bond acceptors (Lipinski definition) is 4. The fourth-order valence-corrected chi connectivity index (χ4v) is 2.85. The van der Waals surface area contributed by atoms with Gasteiger partial charge < -0.3 is 11.1 Å². The van der Waals surface area contributed by atoms with Crippen molar-refractivity contribution in [3.8, 4) is 5.69 Å². The van der Waals surface area contributed by atoms with Crippen LogP contribution >= 0.6 is 35.4 Å². The summed E-state index contributed by atoms with van der Waals surface area (Å²) in [5, 5.41) is 8.04. The molecule has 3 rings (SSSR count). The third-order valence-corrected chi connectivity index (χ3v) is 4.27. The van der Waals surface area contributed by atoms with E-state index in [2.05, 4.69) is 21.3 Å². The molecule has 0 atom stereocenters. The Morgan fingerprint density at radius 3 is 2.56 bits per heavy atom. The first-order valence-corrected chi connectivity index (χ1v) is 8.83. The zero-order valence-corrected chi connectivity index (χ0v) is 16.1. The first kappa shape index (κ1) is 19.0. The molecule has 5 N–H and O–H groups in total. The van der Waals surface area contributed by atoms with Crippen molar-refractivity contribution in [2.24, 2.45) is 0 Å². The van der Waals surface area contributed by atoms with E-state index in [1.54, 1.807) is 18.2 Å². The molecule has 0 saturated carbocycles. The van der Waals surface area contributed by atoms with Crippen LogP contribution in [0.25, 0.3) is 5.69 Å². The van der Waals surface area contributed by atoms with Crippen molar-refractivity contribution in [2.75, 3.05) is 11.1 Å². The van der Waals surface area contributed by atoms with Gasteiger partial charge in [0.1, 0.15) is 11.4 Å². The number of hydrazine groups is 1. The smallest absolute Gasteiger partial charge is 0.275 e. The quantitative estimate of drug-likeness (QED) is 0.383. The van der Waals surface area contributed by atoms with Crippen LogP contribution in [-0.4, -0.2) is 20.8 Å². The molecule has 1 heterocycles. The lowest BCUT2D eigenvalue weighted by molar-refractivity contribution is 0.0945. The summed E-state index contributed by atoms with van der Waals surface area (Å²) in [4.78, 5) is 12.3. The number of nitrogens with one attached hydrogen (secondary N) is 3. The zero-order valence-electron chi connectivity index (χ0n) is 13.7. The average molecular weight is 421 g/mol. The van der Waals surface area contributed by atoms with Gasteiger partial charge in [0, 0.05) is 5.02 Å². The highest BCUT2D eigenvalue weighted by Gasteiger charge is 2.16. The molecule has 0 aliphatic carbocycles. The van der Waals surface area contributed by atoms with Crippen molar-refractivity contribution in [1.82, 2.24) is 20.6 Å². The molecule has 0 aliphatic rings. The van der Waals surface area contributed by atoms with E-state index in [4.69, 9.17) is 41.2 Å². The minimum Gasteiger partial charge on any atom is -0.383 e. The Balaban J connectivity index is 1.63. The molecule has 0 bridgehead atoms. The maximum Gasteiger partial charge on any atom is 0.275 e. The van der Waals surface area contributed by atoms with E-state index in [9.17, 15) is 4.79 Å². The Morgan fingerprint density at radius 1 is 1.11 bits per heavy atom. The molecular weight excluding hydrogens is 407 g/mol. The lowest BCUT2D eigenvalue weighted by Crippen LogP contribution is -2.43. The van der Waals surface area contributed by atoms with Crippen molar-refractivity contribution < 1.29 is 4.79 Å². The molecule has 0 unspecified atom stereocenters. The van der Waals surface area contributed by atoms with E-state index in [1.807, 2.05) is 30.3 Å². The molecule has 138 valence electrons. The summed E-state index contributed by atoms with van der Waals surface area (Å²) in [6.45, 7) is 0. The predicted molar refractivity (Wildman–Crippen MR) is 111 cm³/mol. The molecular formula is C17H14Cl2N6OS. The largest absolute Gasteiger partial charge is 0.383 e. The molecule has 0 spiro atoms. The summed E-state index contributed by atoms with van der Waals surface area (Å²) >= 11 is 17.0. The number of aromatic nitrogens is 2. The number of para-hydroxylation sites is 1. The van der Waals surface area contributed by atoms with E-state index in [1.165, 1.54) is 10.9 Å². The third-order valence-electron chi connectivity index (χ3n) is 3.52. The number of amides is 1. The molecule has 3 aromatic rings. The van der Waals surface area contributed by atoms with Gasteiger partial charge in [0.05, 0.1) is 22.6 Å². The molecule has 0 radical (unpaired) electrons. The van der Waals surface area contributed by atoms with Crippen molar-refractivity contribution in [3.05, 3.63) is 70.3 Å². The fraction of sp³-hybridized carbons (Fsp3) is 0. The number of anilines is 2. The number of thiocarbonyl (C=S) groups is 1. The van der Waals surface area contributed by atoms with Gasteiger partial charge in [-0.2, -0.15) is 5.10 Å². The normalized spacial score (nSPS) is 10.3. The molecule has 1 amide bonds. The predicted octanol–water partition coefficient (Wildman–Crippen LogP) is 3.39. The van der Waals surface area contributed by atoms with E-state index < -0.39 is 5.91 Å². The molecule has 27 heavy (non-hydrogen) atoms. The molecule has 10 heteroatoms. The van der Waals surface area contributed by atoms with Crippen LogP contribution in [0.15, 0.2) is 54.7 Å². The van der Waals surface area contributed by atoms with Gasteiger partial charge in [-0.25, -0.2) is 4.68 Å². The van der Waals surface area contributed by atoms with Crippen LogP contribution in [0.4, 0.5) is 11.5 Å². The van der Waals surface area contributed by atoms with Crippen molar-refractivity contribution in [1.29, 1.82) is 0 Å². The second-order valence-electron chi connectivity index (χ2n) is 5.35. The summed E-state index contributed by atoms with van der Waals surface area (Å²) in [6, 6.07) is 14.1. The Bertz CT molecular complexity index is 992. The summed E-state index contributed by atoms with van der Waals surface area (Å²) < 4.78 is 1.47. The number of hydrogen-bond donors (Lipinski definition) is 4. The Kier molecular flexibility index (Phi) is 5.80. The summed E-state index contributed by atoms with van der Waals surface area (Å²) in [7, 11) is 0. The molecule has 7 nitrogen and oxygen atoms in total. The number of rotatable bonds is 3. The molecule has 0 fully saturated rings. The van der Waals surface area contributed by atoms with Crippen LogP contribution in [0, 0.1) is 0 Å². The van der Waals surface area contributed by atoms with Gasteiger partial charge in [0.15, 0.2) is 5.11 Å². The van der Waals surface area contributed by atoms with Gasteiger partial charge in [-0.1, -0.05) is 41.4 Å². The van der Waals surface area contributed by atoms with Crippen LogP contribution in [0.2, 0.25) is 10.0 Å². The number of benzene rings is 2. The maximum absolute atomic E-state index is 12.3. The van der Waals surface area contributed by atoms with Gasteiger partial charge in [0.25, 0.3) is 5.91 Å². The second kappa shape index (κ2) is 8.26. The van der Waals surface area contributed by atoms with Crippen molar-refractivity contribution in [2.45, 2.75) is 0 Å². The first-order valence-electron chi connectivity index (χ1n) is 7.67. The fourth-order valence-electron chi connectivity index (χ4n) is 2.23. The lowest BCUT2D eigenvalue weighted by atomic mass is 10.3. The SMILES string of the molecule is Nc1c(C(=O)NNC(=S)Nc2ccc(Cl)cc2Cl)cnn1-c1ccccc1. The van der Waals surface area contributed by atoms with E-state index >= 15 is 0 Å². The minimum atomic E-state index is -0.485. The average Bonchev–Trinajstić information content (AvgIpc) is 3.04. The van der Waals surface area contributed by atoms with Gasteiger partial charge in [-0.3, -0.25) is 15.6 Å². The maximum atomic E-state index is 12.3. The lowest BCUT2D eigenvalue weighted by Gasteiger charge is -2.12. The molecule has 1 aromatic heterocycles. The first-order chi connectivity index (χ1) is 13.0. The van der Waals surface area contributed by atoms with Crippen LogP contribution < -0.4 is 21.9 Å². The number of halogens is 2. The Hall–Kier alpha value is -2.81. The Labute approximate surface area is 170 Å². The highest BCUT2D eigenvalue weighted by atomic mass is 35.5. The van der Waals surface area contributed by atoms with E-state index in [0.717, 1.165) is 5.69 Å². The number of carbonyl (C=O) groups excluding carboxylic acids is 1. The second-order valence-corrected chi connectivity index (χ2v) is 6.60. The minimum absolute atomic E-state index is 0.140. The van der Waals surface area contributed by atoms with Crippen LogP contribution in [0.1, 0.15) is 10.4 Å². The van der Waals surface area contributed by atoms with Crippen LogP contribution in [0.3, 0.4) is 0 Å². The molecule has 2 aromatic carbocycles. The topological polar surface area (TPSA) is 97.0 Å². The standard InChI is InChI=1S/C17H14Cl2N6OS/c18-10-6-7-14(13(19)8-10)22-17(27)24-23-16(26)12-9-21-25(15(12)20)11-4-2-1-3-5-11/h1-9H,20H2,(H,23,26)(H2,22,24,27). The van der Waals surface area contributed by atoms with Gasteiger partial charge in [0.2, 0.25) is 0 Å². The number of carbonyl (C=O) groups is 1. The third kappa shape index (κ3) is 4.48. The van der Waals surface area contributed by atoms with Crippen molar-refractivity contribution in [3.63, 3.8) is 0 Å². The Morgan fingerprint density at radius 2 is 1.85 bits per heavy atom. The zero-order chi connectivity index (χ0) is 19.4. The highest BCUT2D eigenvalue weighted by Crippen LogP contribution is 2.25.